The Labute approximate surface area is 159 Å². The van der Waals surface area contributed by atoms with Crippen LogP contribution in [0.2, 0.25) is 0 Å². The van der Waals surface area contributed by atoms with E-state index in [4.69, 9.17) is 4.52 Å². The summed E-state index contributed by atoms with van der Waals surface area (Å²) in [6.07, 6.45) is 2.02. The molecule has 2 aromatic rings. The van der Waals surface area contributed by atoms with E-state index in [9.17, 15) is 13.2 Å². The second kappa shape index (κ2) is 9.50. The van der Waals surface area contributed by atoms with Gasteiger partial charge in [-0.25, -0.2) is 8.42 Å². The van der Waals surface area contributed by atoms with Gasteiger partial charge in [-0.15, -0.1) is 0 Å². The number of aromatic nitrogens is 2. The maximum absolute atomic E-state index is 12.0. The third kappa shape index (κ3) is 7.01. The first kappa shape index (κ1) is 20.9. The Morgan fingerprint density at radius 1 is 1.19 bits per heavy atom. The van der Waals surface area contributed by atoms with Crippen molar-refractivity contribution in [2.75, 3.05) is 15.8 Å². The highest BCUT2D eigenvalue weighted by atomic mass is 32.2. The molecule has 148 valence electrons. The van der Waals surface area contributed by atoms with Gasteiger partial charge in [0.25, 0.3) is 0 Å². The van der Waals surface area contributed by atoms with Gasteiger partial charge < -0.3 is 9.84 Å². The number of hydrogen-bond acceptors (Lipinski definition) is 6. The Kier molecular flexibility index (Phi) is 7.35. The number of carbonyl (C=O) groups is 1. The average molecular weight is 394 g/mol. The van der Waals surface area contributed by atoms with E-state index >= 15 is 0 Å². The van der Waals surface area contributed by atoms with E-state index in [0.29, 0.717) is 48.8 Å². The zero-order valence-corrected chi connectivity index (χ0v) is 16.7. The summed E-state index contributed by atoms with van der Waals surface area (Å²) in [4.78, 5) is 16.3. The molecule has 9 heteroatoms. The zero-order chi connectivity index (χ0) is 19.9. The molecule has 8 nitrogen and oxygen atoms in total. The van der Waals surface area contributed by atoms with Crippen molar-refractivity contribution in [2.45, 2.75) is 52.4 Å². The van der Waals surface area contributed by atoms with Crippen LogP contribution in [0.5, 0.6) is 0 Å². The van der Waals surface area contributed by atoms with Crippen molar-refractivity contribution in [3.63, 3.8) is 0 Å². The smallest absolute Gasteiger partial charge is 0.232 e. The molecular formula is C18H26N4O4S. The first-order valence-corrected chi connectivity index (χ1v) is 10.7. The van der Waals surface area contributed by atoms with Crippen molar-refractivity contribution >= 4 is 27.3 Å². The molecule has 1 amide bonds. The molecule has 0 spiro atoms. The summed E-state index contributed by atoms with van der Waals surface area (Å²) >= 11 is 0. The van der Waals surface area contributed by atoms with Crippen LogP contribution in [0, 0.1) is 0 Å². The molecule has 2 N–H and O–H groups in total. The van der Waals surface area contributed by atoms with E-state index in [0.717, 1.165) is 0 Å². The number of nitrogens with zero attached hydrogens (tertiary/aromatic N) is 2. The normalized spacial score (nSPS) is 11.6. The highest BCUT2D eigenvalue weighted by Gasteiger charge is 2.11. The topological polar surface area (TPSA) is 114 Å². The molecule has 0 fully saturated rings. The van der Waals surface area contributed by atoms with Crippen LogP contribution in [-0.4, -0.2) is 30.2 Å². The lowest BCUT2D eigenvalue weighted by atomic mass is 10.2. The van der Waals surface area contributed by atoms with Crippen LogP contribution in [0.4, 0.5) is 11.4 Å². The molecule has 0 saturated heterocycles. The maximum atomic E-state index is 12.0. The number of amides is 1. The van der Waals surface area contributed by atoms with E-state index < -0.39 is 10.0 Å². The molecule has 2 rings (SSSR count). The van der Waals surface area contributed by atoms with Gasteiger partial charge >= 0.3 is 0 Å². The van der Waals surface area contributed by atoms with E-state index in [1.165, 1.54) is 0 Å². The van der Waals surface area contributed by atoms with E-state index in [2.05, 4.69) is 20.2 Å². The standard InChI is InChI=1S/C18H26N4O4S/c1-4-12-27(24,25)22-15-10-8-14(9-11-15)19-16(23)6-5-7-17-20-18(13(2)3)21-26-17/h8-11,13,22H,4-7,12H2,1-3H3,(H,19,23). The monoisotopic (exact) mass is 394 g/mol. The Balaban J connectivity index is 1.78. The minimum atomic E-state index is -3.32. The summed E-state index contributed by atoms with van der Waals surface area (Å²) < 4.78 is 31.1. The van der Waals surface area contributed by atoms with Gasteiger partial charge in [-0.05, 0) is 37.1 Å². The summed E-state index contributed by atoms with van der Waals surface area (Å²) in [5, 5.41) is 6.67. The van der Waals surface area contributed by atoms with Gasteiger partial charge in [0.1, 0.15) is 0 Å². The van der Waals surface area contributed by atoms with Gasteiger partial charge in [0.05, 0.1) is 5.75 Å². The highest BCUT2D eigenvalue weighted by molar-refractivity contribution is 7.92. The van der Waals surface area contributed by atoms with E-state index in [1.807, 2.05) is 13.8 Å². The Bertz CT molecular complexity index is 845. The van der Waals surface area contributed by atoms with Crippen LogP contribution in [0.25, 0.3) is 0 Å². The average Bonchev–Trinajstić information content (AvgIpc) is 3.05. The number of aryl methyl sites for hydroxylation is 1. The third-order valence-corrected chi connectivity index (χ3v) is 5.20. The molecule has 1 heterocycles. The van der Waals surface area contributed by atoms with Crippen LogP contribution >= 0.6 is 0 Å². The van der Waals surface area contributed by atoms with Crippen LogP contribution in [0.1, 0.15) is 57.7 Å². The molecule has 1 aromatic heterocycles. The number of hydrogen-bond donors (Lipinski definition) is 2. The highest BCUT2D eigenvalue weighted by Crippen LogP contribution is 2.16. The second-order valence-corrected chi connectivity index (χ2v) is 8.44. The van der Waals surface area contributed by atoms with Crippen molar-refractivity contribution in [3.8, 4) is 0 Å². The minimum Gasteiger partial charge on any atom is -0.339 e. The first-order valence-electron chi connectivity index (χ1n) is 9.02. The first-order chi connectivity index (χ1) is 12.8. The summed E-state index contributed by atoms with van der Waals surface area (Å²) in [5.41, 5.74) is 1.08. The zero-order valence-electron chi connectivity index (χ0n) is 15.9. The van der Waals surface area contributed by atoms with Crippen molar-refractivity contribution in [1.82, 2.24) is 10.1 Å². The van der Waals surface area contributed by atoms with Crippen LogP contribution in [0.15, 0.2) is 28.8 Å². The summed E-state index contributed by atoms with van der Waals surface area (Å²) in [7, 11) is -3.32. The summed E-state index contributed by atoms with van der Waals surface area (Å²) in [6.45, 7) is 5.78. The molecule has 27 heavy (non-hydrogen) atoms. The van der Waals surface area contributed by atoms with Gasteiger partial charge in [-0.3, -0.25) is 9.52 Å². The molecule has 0 atom stereocenters. The lowest BCUT2D eigenvalue weighted by Gasteiger charge is -2.09. The SMILES string of the molecule is CCCS(=O)(=O)Nc1ccc(NC(=O)CCCc2nc(C(C)C)no2)cc1. The van der Waals surface area contributed by atoms with Crippen LogP contribution < -0.4 is 10.0 Å². The van der Waals surface area contributed by atoms with Crippen molar-refractivity contribution in [2.24, 2.45) is 0 Å². The summed E-state index contributed by atoms with van der Waals surface area (Å²) in [6, 6.07) is 6.56. The van der Waals surface area contributed by atoms with Gasteiger partial charge in [0, 0.05) is 30.1 Å². The van der Waals surface area contributed by atoms with E-state index in [1.54, 1.807) is 31.2 Å². The van der Waals surface area contributed by atoms with Gasteiger partial charge in [0.15, 0.2) is 5.82 Å². The third-order valence-electron chi connectivity index (χ3n) is 3.71. The number of rotatable bonds is 10. The van der Waals surface area contributed by atoms with Crippen LogP contribution in [-0.2, 0) is 21.2 Å². The molecule has 0 aliphatic heterocycles. The Morgan fingerprint density at radius 3 is 2.44 bits per heavy atom. The molecule has 0 unspecified atom stereocenters. The molecule has 0 aliphatic rings. The fourth-order valence-corrected chi connectivity index (χ4v) is 3.48. The second-order valence-electron chi connectivity index (χ2n) is 6.60. The largest absolute Gasteiger partial charge is 0.339 e. The number of benzene rings is 1. The molecule has 0 aliphatic carbocycles. The van der Waals surface area contributed by atoms with Gasteiger partial charge in [-0.1, -0.05) is 25.9 Å². The molecule has 1 aromatic carbocycles. The predicted molar refractivity (Wildman–Crippen MR) is 104 cm³/mol. The number of carbonyl (C=O) groups excluding carboxylic acids is 1. The molecular weight excluding hydrogens is 368 g/mol. The number of sulfonamides is 1. The van der Waals surface area contributed by atoms with Crippen LogP contribution in [0.3, 0.4) is 0 Å². The molecule has 0 radical (unpaired) electrons. The molecule has 0 saturated carbocycles. The fraction of sp³-hybridized carbons (Fsp3) is 0.500. The lowest BCUT2D eigenvalue weighted by Crippen LogP contribution is -2.16. The van der Waals surface area contributed by atoms with Gasteiger partial charge in [-0.2, -0.15) is 4.98 Å². The Hall–Kier alpha value is -2.42. The lowest BCUT2D eigenvalue weighted by molar-refractivity contribution is -0.116. The van der Waals surface area contributed by atoms with Gasteiger partial charge in [0.2, 0.25) is 21.8 Å². The maximum Gasteiger partial charge on any atom is 0.232 e. The number of nitrogens with one attached hydrogen (secondary N) is 2. The number of anilines is 2. The molecule has 0 bridgehead atoms. The van der Waals surface area contributed by atoms with Crippen molar-refractivity contribution in [3.05, 3.63) is 36.0 Å². The quantitative estimate of drug-likeness (QED) is 0.639. The minimum absolute atomic E-state index is 0.0736. The van der Waals surface area contributed by atoms with Crippen molar-refractivity contribution in [1.29, 1.82) is 0 Å². The fourth-order valence-electron chi connectivity index (χ4n) is 2.35. The van der Waals surface area contributed by atoms with E-state index in [-0.39, 0.29) is 17.6 Å². The predicted octanol–water partition coefficient (Wildman–Crippen LogP) is 3.31. The van der Waals surface area contributed by atoms with Crippen molar-refractivity contribution < 1.29 is 17.7 Å². The summed E-state index contributed by atoms with van der Waals surface area (Å²) in [5.74, 6) is 1.36. The Morgan fingerprint density at radius 2 is 1.85 bits per heavy atom.